The van der Waals surface area contributed by atoms with Crippen molar-refractivity contribution in [3.63, 3.8) is 0 Å². The van der Waals surface area contributed by atoms with Gasteiger partial charge in [0.25, 0.3) is 0 Å². The van der Waals surface area contributed by atoms with Gasteiger partial charge in [0.2, 0.25) is 5.91 Å². The van der Waals surface area contributed by atoms with Crippen LogP contribution in [0.25, 0.3) is 10.2 Å². The average Bonchev–Trinajstić information content (AvgIpc) is 2.97. The number of benzene rings is 2. The molecule has 0 saturated carbocycles. The normalized spacial score (nSPS) is 10.9. The van der Waals surface area contributed by atoms with Gasteiger partial charge in [-0.15, -0.1) is 11.3 Å². The van der Waals surface area contributed by atoms with Crippen LogP contribution in [0.3, 0.4) is 0 Å². The Labute approximate surface area is 146 Å². The summed E-state index contributed by atoms with van der Waals surface area (Å²) < 4.78 is 1.24. The number of nitrogens with one attached hydrogen (secondary N) is 1. The fraction of sp³-hybridized carbons (Fsp3) is 0.300. The number of thiazole rings is 1. The summed E-state index contributed by atoms with van der Waals surface area (Å²) in [5.74, 6) is 0.0891. The van der Waals surface area contributed by atoms with Gasteiger partial charge < -0.3 is 5.32 Å². The van der Waals surface area contributed by atoms with E-state index < -0.39 is 0 Å². The van der Waals surface area contributed by atoms with Crippen LogP contribution in [-0.4, -0.2) is 10.9 Å². The maximum absolute atomic E-state index is 12.1. The van der Waals surface area contributed by atoms with Crippen molar-refractivity contribution in [3.05, 3.63) is 58.6 Å². The van der Waals surface area contributed by atoms with Gasteiger partial charge in [-0.1, -0.05) is 29.8 Å². The number of aryl methyl sites for hydroxylation is 3. The zero-order chi connectivity index (χ0) is 16.9. The van der Waals surface area contributed by atoms with Gasteiger partial charge >= 0.3 is 0 Å². The van der Waals surface area contributed by atoms with Crippen molar-refractivity contribution in [3.8, 4) is 0 Å². The van der Waals surface area contributed by atoms with Crippen molar-refractivity contribution < 1.29 is 4.79 Å². The second-order valence-electron chi connectivity index (χ2n) is 6.15. The molecule has 0 aliphatic rings. The van der Waals surface area contributed by atoms with E-state index in [2.05, 4.69) is 29.4 Å². The molecule has 1 N–H and O–H groups in total. The van der Waals surface area contributed by atoms with Crippen molar-refractivity contribution in [2.45, 2.75) is 39.5 Å². The predicted octanol–water partition coefficient (Wildman–Crippen LogP) is 5.26. The number of para-hydroxylation sites is 1. The zero-order valence-electron chi connectivity index (χ0n) is 14.1. The molecule has 1 heterocycles. The number of hydrogen-bond acceptors (Lipinski definition) is 3. The fourth-order valence-corrected chi connectivity index (χ4v) is 3.76. The summed E-state index contributed by atoms with van der Waals surface area (Å²) in [6.07, 6.45) is 3.36. The lowest BCUT2D eigenvalue weighted by Crippen LogP contribution is -2.12. The van der Waals surface area contributed by atoms with E-state index >= 15 is 0 Å². The summed E-state index contributed by atoms with van der Waals surface area (Å²) in [7, 11) is 0. The molecular formula is C20H22N2OS. The van der Waals surface area contributed by atoms with Gasteiger partial charge in [0.1, 0.15) is 0 Å². The molecule has 1 aromatic heterocycles. The van der Waals surface area contributed by atoms with Crippen molar-refractivity contribution >= 4 is 33.1 Å². The molecular weight excluding hydrogens is 316 g/mol. The maximum atomic E-state index is 12.1. The molecule has 4 heteroatoms. The molecule has 0 aliphatic heterocycles. The molecule has 0 saturated heterocycles. The SMILES string of the molecule is Cc1ccc(NC(=O)CCCCc2nc3ccccc3s2)c(C)c1. The highest BCUT2D eigenvalue weighted by Crippen LogP contribution is 2.23. The first-order valence-corrected chi connectivity index (χ1v) is 9.15. The summed E-state index contributed by atoms with van der Waals surface area (Å²) in [5.41, 5.74) is 4.31. The number of hydrogen-bond donors (Lipinski definition) is 1. The molecule has 0 radical (unpaired) electrons. The van der Waals surface area contributed by atoms with Crippen molar-refractivity contribution in [2.75, 3.05) is 5.32 Å². The van der Waals surface area contributed by atoms with Crippen molar-refractivity contribution in [2.24, 2.45) is 0 Å². The molecule has 2 aromatic carbocycles. The first-order chi connectivity index (χ1) is 11.6. The van der Waals surface area contributed by atoms with Crippen LogP contribution < -0.4 is 5.32 Å². The van der Waals surface area contributed by atoms with Crippen LogP contribution in [0.2, 0.25) is 0 Å². The third-order valence-electron chi connectivity index (χ3n) is 4.04. The van der Waals surface area contributed by atoms with Gasteiger partial charge in [-0.3, -0.25) is 4.79 Å². The van der Waals surface area contributed by atoms with Gasteiger partial charge in [0.05, 0.1) is 15.2 Å². The number of fused-ring (bicyclic) bond motifs is 1. The first-order valence-electron chi connectivity index (χ1n) is 8.33. The summed E-state index contributed by atoms with van der Waals surface area (Å²) >= 11 is 1.75. The topological polar surface area (TPSA) is 42.0 Å². The molecule has 1 amide bonds. The molecule has 0 spiro atoms. The predicted molar refractivity (Wildman–Crippen MR) is 102 cm³/mol. The van der Waals surface area contributed by atoms with E-state index in [1.807, 2.05) is 37.3 Å². The van der Waals surface area contributed by atoms with Crippen LogP contribution in [0, 0.1) is 13.8 Å². The van der Waals surface area contributed by atoms with Gasteiger partial charge in [-0.25, -0.2) is 4.98 Å². The van der Waals surface area contributed by atoms with E-state index in [-0.39, 0.29) is 5.91 Å². The molecule has 3 rings (SSSR count). The monoisotopic (exact) mass is 338 g/mol. The van der Waals surface area contributed by atoms with E-state index in [9.17, 15) is 4.79 Å². The third-order valence-corrected chi connectivity index (χ3v) is 5.13. The summed E-state index contributed by atoms with van der Waals surface area (Å²) in [6.45, 7) is 4.08. The number of nitrogens with zero attached hydrogens (tertiary/aromatic N) is 1. The molecule has 0 bridgehead atoms. The standard InChI is InChI=1S/C20H22N2OS/c1-14-11-12-16(15(2)13-14)21-19(23)9-5-6-10-20-22-17-7-3-4-8-18(17)24-20/h3-4,7-8,11-13H,5-6,9-10H2,1-2H3,(H,21,23). The second-order valence-corrected chi connectivity index (χ2v) is 7.26. The van der Waals surface area contributed by atoms with Gasteiger partial charge in [-0.2, -0.15) is 0 Å². The number of anilines is 1. The number of carbonyl (C=O) groups excluding carboxylic acids is 1. The van der Waals surface area contributed by atoms with Gasteiger partial charge in [0.15, 0.2) is 0 Å². The van der Waals surface area contributed by atoms with Crippen LogP contribution in [0.5, 0.6) is 0 Å². The van der Waals surface area contributed by atoms with E-state index in [1.165, 1.54) is 10.3 Å². The van der Waals surface area contributed by atoms with Crippen LogP contribution in [0.4, 0.5) is 5.69 Å². The fourth-order valence-electron chi connectivity index (χ4n) is 2.76. The zero-order valence-corrected chi connectivity index (χ0v) is 15.0. The molecule has 3 nitrogen and oxygen atoms in total. The molecule has 0 unspecified atom stereocenters. The number of unbranched alkanes of at least 4 members (excludes halogenated alkanes) is 1. The van der Waals surface area contributed by atoms with Crippen LogP contribution in [-0.2, 0) is 11.2 Å². The molecule has 0 atom stereocenters. The van der Waals surface area contributed by atoms with Gasteiger partial charge in [-0.05, 0) is 56.9 Å². The highest BCUT2D eigenvalue weighted by atomic mass is 32.1. The van der Waals surface area contributed by atoms with E-state index in [1.54, 1.807) is 11.3 Å². The number of rotatable bonds is 6. The number of carbonyl (C=O) groups is 1. The Kier molecular flexibility index (Phi) is 5.26. The Morgan fingerprint density at radius 3 is 2.75 bits per heavy atom. The molecule has 0 fully saturated rings. The lowest BCUT2D eigenvalue weighted by Gasteiger charge is -2.09. The quantitative estimate of drug-likeness (QED) is 0.623. The second kappa shape index (κ2) is 7.58. The smallest absolute Gasteiger partial charge is 0.224 e. The summed E-state index contributed by atoms with van der Waals surface area (Å²) in [5, 5.41) is 4.16. The van der Waals surface area contributed by atoms with Crippen LogP contribution in [0.15, 0.2) is 42.5 Å². The minimum atomic E-state index is 0.0891. The minimum Gasteiger partial charge on any atom is -0.326 e. The van der Waals surface area contributed by atoms with Gasteiger partial charge in [0, 0.05) is 12.1 Å². The Hall–Kier alpha value is -2.20. The molecule has 124 valence electrons. The molecule has 0 aliphatic carbocycles. The molecule has 24 heavy (non-hydrogen) atoms. The lowest BCUT2D eigenvalue weighted by molar-refractivity contribution is -0.116. The van der Waals surface area contributed by atoms with Crippen LogP contribution in [0.1, 0.15) is 35.4 Å². The number of aromatic nitrogens is 1. The summed E-state index contributed by atoms with van der Waals surface area (Å²) in [6, 6.07) is 14.3. The lowest BCUT2D eigenvalue weighted by atomic mass is 10.1. The van der Waals surface area contributed by atoms with Crippen molar-refractivity contribution in [1.29, 1.82) is 0 Å². The van der Waals surface area contributed by atoms with Crippen LogP contribution >= 0.6 is 11.3 Å². The number of amides is 1. The third kappa shape index (κ3) is 4.20. The molecule has 3 aromatic rings. The highest BCUT2D eigenvalue weighted by molar-refractivity contribution is 7.18. The van der Waals surface area contributed by atoms with E-state index in [0.29, 0.717) is 6.42 Å². The maximum Gasteiger partial charge on any atom is 0.224 e. The Morgan fingerprint density at radius 1 is 1.12 bits per heavy atom. The van der Waals surface area contributed by atoms with E-state index in [0.717, 1.165) is 41.0 Å². The van der Waals surface area contributed by atoms with Crippen molar-refractivity contribution in [1.82, 2.24) is 4.98 Å². The minimum absolute atomic E-state index is 0.0891. The summed E-state index contributed by atoms with van der Waals surface area (Å²) in [4.78, 5) is 16.7. The largest absolute Gasteiger partial charge is 0.326 e. The first kappa shape index (κ1) is 16.7. The highest BCUT2D eigenvalue weighted by Gasteiger charge is 2.06. The Balaban J connectivity index is 1.45. The average molecular weight is 338 g/mol. The Morgan fingerprint density at radius 2 is 1.96 bits per heavy atom. The Bertz CT molecular complexity index is 821. The van der Waals surface area contributed by atoms with E-state index in [4.69, 9.17) is 0 Å².